The highest BCUT2D eigenvalue weighted by Crippen LogP contribution is 2.28. The predicted molar refractivity (Wildman–Crippen MR) is 146 cm³/mol. The van der Waals surface area contributed by atoms with Gasteiger partial charge < -0.3 is 20.7 Å². The standard InChI is InChI=1S/C30H45N3O2/c1-23(2)19-28(31)29(34)32-30(3,4)22-33(20-24-11-7-5-8-12-24)26-15-17-27(18-16-26)35-21-25-13-9-6-10-14-25/h6,9-10,13-18,23-24,28H,5,7-8,11-12,19-22,31H2,1-4H3,(H,32,34). The number of rotatable bonds is 12. The minimum absolute atomic E-state index is 0.0639. The molecule has 0 aliphatic heterocycles. The summed E-state index contributed by atoms with van der Waals surface area (Å²) in [4.78, 5) is 15.2. The monoisotopic (exact) mass is 479 g/mol. The van der Waals surface area contributed by atoms with Gasteiger partial charge in [-0.3, -0.25) is 4.79 Å². The molecule has 1 amide bonds. The molecule has 0 saturated heterocycles. The molecule has 1 aliphatic carbocycles. The molecule has 3 N–H and O–H groups in total. The van der Waals surface area contributed by atoms with Gasteiger partial charge in [0, 0.05) is 18.8 Å². The van der Waals surface area contributed by atoms with E-state index in [0.717, 1.165) is 30.1 Å². The molecule has 0 aromatic heterocycles. The SMILES string of the molecule is CC(C)CC(N)C(=O)NC(C)(C)CN(CC1CCCCC1)c1ccc(OCc2ccccc2)cc1. The van der Waals surface area contributed by atoms with Gasteiger partial charge in [-0.15, -0.1) is 0 Å². The van der Waals surface area contributed by atoms with Gasteiger partial charge in [-0.05, 0) is 74.8 Å². The van der Waals surface area contributed by atoms with Crippen LogP contribution in [-0.4, -0.2) is 30.6 Å². The number of hydrogen-bond acceptors (Lipinski definition) is 4. The Hall–Kier alpha value is -2.53. The van der Waals surface area contributed by atoms with E-state index in [1.54, 1.807) is 0 Å². The molecule has 1 atom stereocenters. The zero-order chi connectivity index (χ0) is 25.3. The predicted octanol–water partition coefficient (Wildman–Crippen LogP) is 5.92. The third-order valence-electron chi connectivity index (χ3n) is 6.76. The van der Waals surface area contributed by atoms with Crippen molar-refractivity contribution in [1.29, 1.82) is 0 Å². The summed E-state index contributed by atoms with van der Waals surface area (Å²) in [5.41, 5.74) is 8.08. The zero-order valence-electron chi connectivity index (χ0n) is 22.1. The van der Waals surface area contributed by atoms with Crippen molar-refractivity contribution >= 4 is 11.6 Å². The van der Waals surface area contributed by atoms with Gasteiger partial charge in [0.15, 0.2) is 0 Å². The van der Waals surface area contributed by atoms with Crippen molar-refractivity contribution in [3.8, 4) is 5.75 Å². The molecule has 35 heavy (non-hydrogen) atoms. The first-order chi connectivity index (χ1) is 16.7. The summed E-state index contributed by atoms with van der Waals surface area (Å²) >= 11 is 0. The maximum atomic E-state index is 12.8. The molecule has 5 heteroatoms. The lowest BCUT2D eigenvalue weighted by molar-refractivity contribution is -0.124. The number of amides is 1. The molecule has 2 aromatic carbocycles. The number of nitrogens with zero attached hydrogens (tertiary/aromatic N) is 1. The van der Waals surface area contributed by atoms with Crippen LogP contribution in [0.1, 0.15) is 71.8 Å². The Bertz CT molecular complexity index is 890. The van der Waals surface area contributed by atoms with Crippen molar-refractivity contribution < 1.29 is 9.53 Å². The van der Waals surface area contributed by atoms with Crippen molar-refractivity contribution in [3.05, 3.63) is 60.2 Å². The molecule has 5 nitrogen and oxygen atoms in total. The summed E-state index contributed by atoms with van der Waals surface area (Å²) in [5.74, 6) is 1.88. The molecular weight excluding hydrogens is 434 g/mol. The van der Waals surface area contributed by atoms with Gasteiger partial charge in [-0.1, -0.05) is 63.4 Å². The highest BCUT2D eigenvalue weighted by molar-refractivity contribution is 5.82. The van der Waals surface area contributed by atoms with E-state index in [0.29, 0.717) is 24.9 Å². The third kappa shape index (κ3) is 9.21. The van der Waals surface area contributed by atoms with Crippen LogP contribution in [0, 0.1) is 11.8 Å². The Morgan fingerprint density at radius 2 is 1.71 bits per heavy atom. The van der Waals surface area contributed by atoms with Gasteiger partial charge in [0.2, 0.25) is 5.91 Å². The summed E-state index contributed by atoms with van der Waals surface area (Å²) in [6.07, 6.45) is 7.23. The normalized spacial score (nSPS) is 15.6. The van der Waals surface area contributed by atoms with Crippen molar-refractivity contribution in [3.63, 3.8) is 0 Å². The molecule has 1 aliphatic rings. The van der Waals surface area contributed by atoms with E-state index in [9.17, 15) is 4.79 Å². The van der Waals surface area contributed by atoms with Crippen LogP contribution in [0.5, 0.6) is 5.75 Å². The van der Waals surface area contributed by atoms with Crippen molar-refractivity contribution in [2.45, 2.75) is 84.4 Å². The van der Waals surface area contributed by atoms with Crippen LogP contribution >= 0.6 is 0 Å². The molecule has 2 aromatic rings. The van der Waals surface area contributed by atoms with Crippen LogP contribution in [0.2, 0.25) is 0 Å². The van der Waals surface area contributed by atoms with E-state index in [1.807, 2.05) is 18.2 Å². The molecular formula is C30H45N3O2. The fourth-order valence-electron chi connectivity index (χ4n) is 4.99. The molecule has 0 bridgehead atoms. The van der Waals surface area contributed by atoms with E-state index in [2.05, 4.69) is 74.3 Å². The summed E-state index contributed by atoms with van der Waals surface area (Å²) < 4.78 is 6.00. The first kappa shape index (κ1) is 27.1. The quantitative estimate of drug-likeness (QED) is 0.396. The topological polar surface area (TPSA) is 67.6 Å². The molecule has 1 saturated carbocycles. The summed E-state index contributed by atoms with van der Waals surface area (Å²) in [6.45, 7) is 10.7. The third-order valence-corrected chi connectivity index (χ3v) is 6.76. The number of benzene rings is 2. The molecule has 0 spiro atoms. The van der Waals surface area contributed by atoms with E-state index < -0.39 is 11.6 Å². The number of nitrogens with two attached hydrogens (primary N) is 1. The first-order valence-electron chi connectivity index (χ1n) is 13.3. The smallest absolute Gasteiger partial charge is 0.237 e. The van der Waals surface area contributed by atoms with Crippen LogP contribution < -0.4 is 20.7 Å². The number of hydrogen-bond donors (Lipinski definition) is 2. The summed E-state index contributed by atoms with van der Waals surface area (Å²) in [5, 5.41) is 3.22. The van der Waals surface area contributed by atoms with Crippen LogP contribution in [0.25, 0.3) is 0 Å². The van der Waals surface area contributed by atoms with Gasteiger partial charge in [0.05, 0.1) is 11.6 Å². The van der Waals surface area contributed by atoms with E-state index in [4.69, 9.17) is 10.5 Å². The number of anilines is 1. The van der Waals surface area contributed by atoms with E-state index in [1.165, 1.54) is 32.1 Å². The van der Waals surface area contributed by atoms with Crippen LogP contribution in [0.3, 0.4) is 0 Å². The fourth-order valence-corrected chi connectivity index (χ4v) is 4.99. The van der Waals surface area contributed by atoms with Gasteiger partial charge in [0.25, 0.3) is 0 Å². The largest absolute Gasteiger partial charge is 0.489 e. The highest BCUT2D eigenvalue weighted by Gasteiger charge is 2.28. The minimum atomic E-state index is -0.470. The Morgan fingerprint density at radius 1 is 1.06 bits per heavy atom. The van der Waals surface area contributed by atoms with E-state index in [-0.39, 0.29) is 5.91 Å². The number of nitrogens with one attached hydrogen (secondary N) is 1. The maximum Gasteiger partial charge on any atom is 0.237 e. The number of carbonyl (C=O) groups is 1. The number of carbonyl (C=O) groups excluding carboxylic acids is 1. The Morgan fingerprint density at radius 3 is 2.34 bits per heavy atom. The van der Waals surface area contributed by atoms with Crippen molar-refractivity contribution in [1.82, 2.24) is 5.32 Å². The molecule has 3 rings (SSSR count). The summed E-state index contributed by atoms with van der Waals surface area (Å²) in [6, 6.07) is 18.1. The lowest BCUT2D eigenvalue weighted by Crippen LogP contribution is -2.56. The lowest BCUT2D eigenvalue weighted by atomic mass is 9.88. The second kappa shape index (κ2) is 13.0. The average molecular weight is 480 g/mol. The molecule has 192 valence electrons. The van der Waals surface area contributed by atoms with Gasteiger partial charge >= 0.3 is 0 Å². The molecule has 1 fully saturated rings. The lowest BCUT2D eigenvalue weighted by Gasteiger charge is -2.38. The van der Waals surface area contributed by atoms with Gasteiger partial charge in [-0.25, -0.2) is 0 Å². The van der Waals surface area contributed by atoms with Crippen LogP contribution in [0.4, 0.5) is 5.69 Å². The Labute approximate surface area is 212 Å². The van der Waals surface area contributed by atoms with Gasteiger partial charge in [-0.2, -0.15) is 0 Å². The fraction of sp³-hybridized carbons (Fsp3) is 0.567. The van der Waals surface area contributed by atoms with Crippen LogP contribution in [0.15, 0.2) is 54.6 Å². The molecule has 1 unspecified atom stereocenters. The van der Waals surface area contributed by atoms with Crippen molar-refractivity contribution in [2.75, 3.05) is 18.0 Å². The maximum absolute atomic E-state index is 12.8. The Balaban J connectivity index is 1.68. The molecule has 0 heterocycles. The first-order valence-corrected chi connectivity index (χ1v) is 13.3. The Kier molecular flexibility index (Phi) is 10.0. The zero-order valence-corrected chi connectivity index (χ0v) is 22.1. The second-order valence-corrected chi connectivity index (χ2v) is 11.3. The molecule has 0 radical (unpaired) electrons. The second-order valence-electron chi connectivity index (χ2n) is 11.3. The van der Waals surface area contributed by atoms with E-state index >= 15 is 0 Å². The highest BCUT2D eigenvalue weighted by atomic mass is 16.5. The van der Waals surface area contributed by atoms with Gasteiger partial charge in [0.1, 0.15) is 12.4 Å². The number of ether oxygens (including phenoxy) is 1. The summed E-state index contributed by atoms with van der Waals surface area (Å²) in [7, 11) is 0. The minimum Gasteiger partial charge on any atom is -0.489 e. The average Bonchev–Trinajstić information content (AvgIpc) is 2.83. The van der Waals surface area contributed by atoms with Crippen LogP contribution in [-0.2, 0) is 11.4 Å². The van der Waals surface area contributed by atoms with Crippen molar-refractivity contribution in [2.24, 2.45) is 17.6 Å².